The van der Waals surface area contributed by atoms with Gasteiger partial charge in [-0.1, -0.05) is 0 Å². The molecule has 1 aromatic heterocycles. The third kappa shape index (κ3) is 2.74. The monoisotopic (exact) mass is 337 g/mol. The number of halogens is 3. The van der Waals surface area contributed by atoms with E-state index in [0.717, 1.165) is 6.20 Å². The van der Waals surface area contributed by atoms with Crippen LogP contribution < -0.4 is 5.32 Å². The zero-order chi connectivity index (χ0) is 16.8. The highest BCUT2D eigenvalue weighted by molar-refractivity contribution is 5.30. The van der Waals surface area contributed by atoms with Gasteiger partial charge in [-0.2, -0.15) is 13.2 Å². The maximum absolute atomic E-state index is 12.6. The predicted octanol–water partition coefficient (Wildman–Crippen LogP) is -0.885. The molecule has 3 rings (SSSR count). The summed E-state index contributed by atoms with van der Waals surface area (Å²) in [7, 11) is 0. The van der Waals surface area contributed by atoms with Gasteiger partial charge in [0.25, 0.3) is 0 Å². The van der Waals surface area contributed by atoms with Crippen LogP contribution in [0.1, 0.15) is 5.69 Å². The van der Waals surface area contributed by atoms with Gasteiger partial charge in [-0.3, -0.25) is 0 Å². The summed E-state index contributed by atoms with van der Waals surface area (Å²) in [6, 6.07) is -0.396. The molecule has 8 nitrogen and oxygen atoms in total. The van der Waals surface area contributed by atoms with Crippen molar-refractivity contribution in [2.75, 3.05) is 18.5 Å². The smallest absolute Gasteiger partial charge is 0.393 e. The van der Waals surface area contributed by atoms with E-state index in [-0.39, 0.29) is 6.61 Å². The average Bonchev–Trinajstić information content (AvgIpc) is 2.92. The summed E-state index contributed by atoms with van der Waals surface area (Å²) in [5.74, 6) is -0.397. The molecule has 3 heterocycles. The molecule has 2 saturated heterocycles. The number of hydrogen-bond donors (Lipinski definition) is 4. The van der Waals surface area contributed by atoms with Crippen molar-refractivity contribution >= 4 is 5.95 Å². The Balaban J connectivity index is 1.81. The van der Waals surface area contributed by atoms with E-state index < -0.39 is 54.6 Å². The topological polar surface area (TPSA) is 117 Å². The molecule has 0 spiro atoms. The lowest BCUT2D eigenvalue weighted by molar-refractivity contribution is -0.224. The van der Waals surface area contributed by atoms with Crippen LogP contribution in [0, 0.1) is 0 Å². The van der Waals surface area contributed by atoms with Crippen molar-refractivity contribution in [3.05, 3.63) is 18.0 Å². The third-order valence-corrected chi connectivity index (χ3v) is 3.88. The molecule has 23 heavy (non-hydrogen) atoms. The summed E-state index contributed by atoms with van der Waals surface area (Å²) < 4.78 is 48.6. The number of nitrogens with one attached hydrogen (secondary N) is 1. The Hall–Kier alpha value is -1.53. The average molecular weight is 337 g/mol. The van der Waals surface area contributed by atoms with Crippen molar-refractivity contribution in [3.8, 4) is 0 Å². The van der Waals surface area contributed by atoms with Crippen molar-refractivity contribution in [1.82, 2.24) is 9.97 Å². The van der Waals surface area contributed by atoms with Gasteiger partial charge in [0, 0.05) is 6.20 Å². The molecule has 0 aromatic carbocycles. The molecule has 128 valence electrons. The molecule has 2 aliphatic heterocycles. The van der Waals surface area contributed by atoms with Gasteiger partial charge in [-0.15, -0.1) is 0 Å². The predicted molar refractivity (Wildman–Crippen MR) is 67.1 cm³/mol. The van der Waals surface area contributed by atoms with Crippen LogP contribution in [0.25, 0.3) is 0 Å². The van der Waals surface area contributed by atoms with Crippen molar-refractivity contribution in [3.63, 3.8) is 0 Å². The highest BCUT2D eigenvalue weighted by Crippen LogP contribution is 2.37. The summed E-state index contributed by atoms with van der Waals surface area (Å²) in [5, 5.41) is 32.0. The van der Waals surface area contributed by atoms with E-state index >= 15 is 0 Å². The van der Waals surface area contributed by atoms with Crippen molar-refractivity contribution in [2.45, 2.75) is 36.3 Å². The van der Waals surface area contributed by atoms with E-state index in [2.05, 4.69) is 15.3 Å². The fourth-order valence-electron chi connectivity index (χ4n) is 2.59. The molecule has 4 N–H and O–H groups in total. The second-order valence-corrected chi connectivity index (χ2v) is 5.39. The molecule has 0 radical (unpaired) electrons. The van der Waals surface area contributed by atoms with Crippen molar-refractivity contribution < 1.29 is 38.0 Å². The number of fused-ring (bicyclic) bond motifs is 2. The number of aliphatic hydroxyl groups is 3. The first-order valence-electron chi connectivity index (χ1n) is 6.70. The highest BCUT2D eigenvalue weighted by Gasteiger charge is 2.59. The van der Waals surface area contributed by atoms with E-state index in [0.29, 0.717) is 6.07 Å². The molecular formula is C12H14F3N3O5. The molecule has 2 fully saturated rings. The van der Waals surface area contributed by atoms with Crippen LogP contribution in [0.3, 0.4) is 0 Å². The highest BCUT2D eigenvalue weighted by atomic mass is 19.4. The lowest BCUT2D eigenvalue weighted by Crippen LogP contribution is -2.64. The molecule has 2 bridgehead atoms. The van der Waals surface area contributed by atoms with Gasteiger partial charge < -0.3 is 30.1 Å². The number of nitrogens with zero attached hydrogens (tertiary/aromatic N) is 2. The number of aliphatic hydroxyl groups excluding tert-OH is 3. The molecular weight excluding hydrogens is 323 g/mol. The van der Waals surface area contributed by atoms with E-state index in [4.69, 9.17) is 9.47 Å². The fourth-order valence-corrected chi connectivity index (χ4v) is 2.59. The quantitative estimate of drug-likeness (QED) is 0.562. The Morgan fingerprint density at radius 1 is 1.39 bits per heavy atom. The molecule has 2 aliphatic rings. The standard InChI is InChI=1S/C12H14F3N3O5/c13-12(14,15)5-1-2-16-10(17-5)18-6-7(20)8(21)11(3-19)4-22-9(6)23-11/h1-2,6-9,19-21H,3-4H2,(H,16,17,18)/t6-,7-,8-,9+,11+/m1/s1. The Morgan fingerprint density at radius 2 is 2.13 bits per heavy atom. The minimum Gasteiger partial charge on any atom is -0.393 e. The summed E-state index contributed by atoms with van der Waals surface area (Å²) in [6.45, 7) is -0.734. The van der Waals surface area contributed by atoms with E-state index in [9.17, 15) is 28.5 Å². The number of ether oxygens (including phenoxy) is 2. The Morgan fingerprint density at radius 3 is 2.78 bits per heavy atom. The third-order valence-electron chi connectivity index (χ3n) is 3.88. The molecule has 0 unspecified atom stereocenters. The molecule has 0 amide bonds. The Labute approximate surface area is 127 Å². The molecule has 0 aliphatic carbocycles. The second kappa shape index (κ2) is 5.53. The minimum absolute atomic E-state index is 0.159. The van der Waals surface area contributed by atoms with E-state index in [1.807, 2.05) is 0 Å². The van der Waals surface area contributed by atoms with Crippen LogP contribution in [0.5, 0.6) is 0 Å². The fraction of sp³-hybridized carbons (Fsp3) is 0.667. The summed E-state index contributed by atoms with van der Waals surface area (Å²) in [6.07, 6.45) is -7.75. The summed E-state index contributed by atoms with van der Waals surface area (Å²) in [4.78, 5) is 6.97. The lowest BCUT2D eigenvalue weighted by Gasteiger charge is -2.41. The first-order valence-corrected chi connectivity index (χ1v) is 6.70. The van der Waals surface area contributed by atoms with Gasteiger partial charge in [-0.05, 0) is 6.07 Å². The SMILES string of the molecule is OC[C@@]12CO[C@@H](O1)[C@H](Nc1nccc(C(F)(F)F)n1)[C@@H](O)[C@H]2O. The number of alkyl halides is 3. The van der Waals surface area contributed by atoms with Crippen LogP contribution in [-0.2, 0) is 15.7 Å². The number of rotatable bonds is 3. The molecule has 5 atom stereocenters. The van der Waals surface area contributed by atoms with Crippen molar-refractivity contribution in [2.24, 2.45) is 0 Å². The van der Waals surface area contributed by atoms with Gasteiger partial charge in [-0.25, -0.2) is 9.97 Å². The van der Waals surface area contributed by atoms with Gasteiger partial charge >= 0.3 is 6.18 Å². The molecule has 0 saturated carbocycles. The normalized spacial score (nSPS) is 37.0. The maximum Gasteiger partial charge on any atom is 0.433 e. The number of anilines is 1. The van der Waals surface area contributed by atoms with Crippen LogP contribution in [0.4, 0.5) is 19.1 Å². The van der Waals surface area contributed by atoms with E-state index in [1.165, 1.54) is 0 Å². The number of hydrogen-bond acceptors (Lipinski definition) is 8. The maximum atomic E-state index is 12.6. The van der Waals surface area contributed by atoms with Gasteiger partial charge in [0.2, 0.25) is 5.95 Å². The summed E-state index contributed by atoms with van der Waals surface area (Å²) in [5.41, 5.74) is -2.60. The van der Waals surface area contributed by atoms with Crippen LogP contribution in [0.15, 0.2) is 12.3 Å². The first-order chi connectivity index (χ1) is 10.8. The molecule has 11 heteroatoms. The second-order valence-electron chi connectivity index (χ2n) is 5.39. The van der Waals surface area contributed by atoms with Crippen molar-refractivity contribution in [1.29, 1.82) is 0 Å². The largest absolute Gasteiger partial charge is 0.433 e. The van der Waals surface area contributed by atoms with E-state index in [1.54, 1.807) is 0 Å². The first kappa shape index (κ1) is 16.3. The van der Waals surface area contributed by atoms with Crippen LogP contribution >= 0.6 is 0 Å². The van der Waals surface area contributed by atoms with Gasteiger partial charge in [0.1, 0.15) is 29.5 Å². The zero-order valence-corrected chi connectivity index (χ0v) is 11.6. The zero-order valence-electron chi connectivity index (χ0n) is 11.6. The Kier molecular flexibility index (Phi) is 3.92. The van der Waals surface area contributed by atoms with Crippen LogP contribution in [0.2, 0.25) is 0 Å². The van der Waals surface area contributed by atoms with Crippen LogP contribution in [-0.4, -0.2) is 68.6 Å². The minimum atomic E-state index is -4.64. The molecule has 1 aromatic rings. The van der Waals surface area contributed by atoms with Gasteiger partial charge in [0.05, 0.1) is 13.2 Å². The lowest BCUT2D eigenvalue weighted by atomic mass is 9.88. The summed E-state index contributed by atoms with van der Waals surface area (Å²) >= 11 is 0. The number of aromatic nitrogens is 2. The Bertz CT molecular complexity index is 589. The van der Waals surface area contributed by atoms with Gasteiger partial charge in [0.15, 0.2) is 6.29 Å².